The summed E-state index contributed by atoms with van der Waals surface area (Å²) < 4.78 is 0. The van der Waals surface area contributed by atoms with Crippen molar-refractivity contribution in [1.29, 1.82) is 0 Å². The molecule has 0 fully saturated rings. The number of nitrogen functional groups attached to an aromatic ring is 1. The van der Waals surface area contributed by atoms with Crippen LogP contribution in [0.15, 0.2) is 12.1 Å². The molecule has 0 amide bonds. The zero-order valence-corrected chi connectivity index (χ0v) is 7.02. The van der Waals surface area contributed by atoms with Crippen LogP contribution in [-0.4, -0.2) is 5.11 Å². The molecular formula is C8H10ClNO. The van der Waals surface area contributed by atoms with Crippen LogP contribution in [0, 0.1) is 6.92 Å². The summed E-state index contributed by atoms with van der Waals surface area (Å²) in [6.07, 6.45) is 0. The number of benzene rings is 1. The van der Waals surface area contributed by atoms with Crippen LogP contribution in [0.25, 0.3) is 0 Å². The van der Waals surface area contributed by atoms with Gasteiger partial charge in [-0.05, 0) is 30.2 Å². The highest BCUT2D eigenvalue weighted by molar-refractivity contribution is 6.31. The summed E-state index contributed by atoms with van der Waals surface area (Å²) in [6, 6.07) is 3.44. The predicted octanol–water partition coefficient (Wildman–Crippen LogP) is 1.72. The Morgan fingerprint density at radius 2 is 2.18 bits per heavy atom. The van der Waals surface area contributed by atoms with Gasteiger partial charge in [0.05, 0.1) is 6.61 Å². The second-order valence-electron chi connectivity index (χ2n) is 2.46. The molecule has 0 heterocycles. The van der Waals surface area contributed by atoms with Crippen molar-refractivity contribution in [2.45, 2.75) is 13.5 Å². The van der Waals surface area contributed by atoms with Gasteiger partial charge in [-0.25, -0.2) is 0 Å². The SMILES string of the molecule is Cc1cc(Cl)c(CO)cc1N. The van der Waals surface area contributed by atoms with Gasteiger partial charge in [-0.15, -0.1) is 0 Å². The van der Waals surface area contributed by atoms with Crippen LogP contribution in [-0.2, 0) is 6.61 Å². The number of aliphatic hydroxyl groups excluding tert-OH is 1. The summed E-state index contributed by atoms with van der Waals surface area (Å²) in [4.78, 5) is 0. The van der Waals surface area contributed by atoms with Crippen molar-refractivity contribution in [2.75, 3.05) is 5.73 Å². The Labute approximate surface area is 70.6 Å². The largest absolute Gasteiger partial charge is 0.399 e. The lowest BCUT2D eigenvalue weighted by molar-refractivity contribution is 0.282. The van der Waals surface area contributed by atoms with E-state index in [0.717, 1.165) is 5.56 Å². The number of aryl methyl sites for hydroxylation is 1. The number of aliphatic hydroxyl groups is 1. The van der Waals surface area contributed by atoms with Gasteiger partial charge in [0.1, 0.15) is 0 Å². The van der Waals surface area contributed by atoms with E-state index in [1.807, 2.05) is 6.92 Å². The third-order valence-corrected chi connectivity index (χ3v) is 1.96. The van der Waals surface area contributed by atoms with Gasteiger partial charge in [0, 0.05) is 10.7 Å². The number of rotatable bonds is 1. The first kappa shape index (κ1) is 8.37. The number of anilines is 1. The van der Waals surface area contributed by atoms with Crippen molar-refractivity contribution in [2.24, 2.45) is 0 Å². The number of hydrogen-bond donors (Lipinski definition) is 2. The lowest BCUT2D eigenvalue weighted by Gasteiger charge is -2.04. The molecule has 0 atom stereocenters. The lowest BCUT2D eigenvalue weighted by Crippen LogP contribution is -1.93. The molecular weight excluding hydrogens is 162 g/mol. The van der Waals surface area contributed by atoms with E-state index in [9.17, 15) is 0 Å². The smallest absolute Gasteiger partial charge is 0.0697 e. The molecule has 0 spiro atoms. The maximum Gasteiger partial charge on any atom is 0.0697 e. The molecule has 3 N–H and O–H groups in total. The van der Waals surface area contributed by atoms with Gasteiger partial charge in [0.2, 0.25) is 0 Å². The Morgan fingerprint density at radius 1 is 1.55 bits per heavy atom. The van der Waals surface area contributed by atoms with E-state index >= 15 is 0 Å². The fraction of sp³-hybridized carbons (Fsp3) is 0.250. The van der Waals surface area contributed by atoms with Crippen LogP contribution in [0.4, 0.5) is 5.69 Å². The van der Waals surface area contributed by atoms with E-state index in [0.29, 0.717) is 16.3 Å². The van der Waals surface area contributed by atoms with Crippen LogP contribution in [0.1, 0.15) is 11.1 Å². The summed E-state index contributed by atoms with van der Waals surface area (Å²) in [5, 5.41) is 9.36. The zero-order chi connectivity index (χ0) is 8.43. The molecule has 1 rings (SSSR count). The molecule has 0 aliphatic carbocycles. The van der Waals surface area contributed by atoms with Crippen molar-refractivity contribution in [1.82, 2.24) is 0 Å². The van der Waals surface area contributed by atoms with Crippen molar-refractivity contribution in [3.05, 3.63) is 28.3 Å². The van der Waals surface area contributed by atoms with Crippen molar-refractivity contribution in [3.8, 4) is 0 Å². The molecule has 0 aliphatic rings. The first-order valence-electron chi connectivity index (χ1n) is 3.30. The third-order valence-electron chi connectivity index (χ3n) is 1.61. The number of halogens is 1. The Hall–Kier alpha value is -0.730. The first-order valence-corrected chi connectivity index (χ1v) is 3.68. The predicted molar refractivity (Wildman–Crippen MR) is 46.5 cm³/mol. The molecule has 60 valence electrons. The monoisotopic (exact) mass is 171 g/mol. The van der Waals surface area contributed by atoms with Gasteiger partial charge >= 0.3 is 0 Å². The lowest BCUT2D eigenvalue weighted by atomic mass is 10.1. The van der Waals surface area contributed by atoms with Crippen molar-refractivity contribution >= 4 is 17.3 Å². The summed E-state index contributed by atoms with van der Waals surface area (Å²) in [6.45, 7) is 1.81. The summed E-state index contributed by atoms with van der Waals surface area (Å²) >= 11 is 5.79. The molecule has 0 unspecified atom stereocenters. The topological polar surface area (TPSA) is 46.2 Å². The third kappa shape index (κ3) is 1.64. The van der Waals surface area contributed by atoms with Crippen LogP contribution >= 0.6 is 11.6 Å². The normalized spacial score (nSPS) is 10.1. The quantitative estimate of drug-likeness (QED) is 0.633. The highest BCUT2D eigenvalue weighted by Crippen LogP contribution is 2.22. The molecule has 11 heavy (non-hydrogen) atoms. The fourth-order valence-electron chi connectivity index (χ4n) is 0.858. The first-order chi connectivity index (χ1) is 5.15. The van der Waals surface area contributed by atoms with Gasteiger partial charge in [-0.2, -0.15) is 0 Å². The van der Waals surface area contributed by atoms with Gasteiger partial charge in [-0.3, -0.25) is 0 Å². The minimum absolute atomic E-state index is 0.0662. The Morgan fingerprint density at radius 3 is 2.73 bits per heavy atom. The van der Waals surface area contributed by atoms with E-state index in [4.69, 9.17) is 22.4 Å². The summed E-state index contributed by atoms with van der Waals surface area (Å²) in [7, 11) is 0. The van der Waals surface area contributed by atoms with Crippen molar-refractivity contribution < 1.29 is 5.11 Å². The summed E-state index contributed by atoms with van der Waals surface area (Å²) in [5.74, 6) is 0. The van der Waals surface area contributed by atoms with Gasteiger partial charge in [0.25, 0.3) is 0 Å². The van der Waals surface area contributed by atoms with E-state index in [1.54, 1.807) is 12.1 Å². The van der Waals surface area contributed by atoms with Crippen molar-refractivity contribution in [3.63, 3.8) is 0 Å². The maximum absolute atomic E-state index is 8.79. The Kier molecular flexibility index (Phi) is 2.37. The molecule has 3 heteroatoms. The molecule has 0 aliphatic heterocycles. The average Bonchev–Trinajstić information content (AvgIpc) is 1.97. The van der Waals surface area contributed by atoms with Gasteiger partial charge in [0.15, 0.2) is 0 Å². The molecule has 0 aromatic heterocycles. The standard InChI is InChI=1S/C8H10ClNO/c1-5-2-7(9)6(4-11)3-8(5)10/h2-3,11H,4,10H2,1H3. The fourth-order valence-corrected chi connectivity index (χ4v) is 1.14. The molecule has 0 saturated carbocycles. The molecule has 0 saturated heterocycles. The highest BCUT2D eigenvalue weighted by Gasteiger charge is 2.01. The Bertz CT molecular complexity index is 273. The van der Waals surface area contributed by atoms with Crippen LogP contribution < -0.4 is 5.73 Å². The number of nitrogens with two attached hydrogens (primary N) is 1. The van der Waals surface area contributed by atoms with E-state index in [-0.39, 0.29) is 6.61 Å². The van der Waals surface area contributed by atoms with Crippen LogP contribution in [0.2, 0.25) is 5.02 Å². The van der Waals surface area contributed by atoms with Crippen LogP contribution in [0.3, 0.4) is 0 Å². The number of hydrogen-bond acceptors (Lipinski definition) is 2. The second-order valence-corrected chi connectivity index (χ2v) is 2.87. The molecule has 1 aromatic rings. The zero-order valence-electron chi connectivity index (χ0n) is 6.26. The Balaban J connectivity index is 3.21. The van der Waals surface area contributed by atoms with Gasteiger partial charge < -0.3 is 10.8 Å². The molecule has 1 aromatic carbocycles. The molecule has 0 radical (unpaired) electrons. The van der Waals surface area contributed by atoms with Gasteiger partial charge in [-0.1, -0.05) is 11.6 Å². The molecule has 0 bridgehead atoms. The minimum Gasteiger partial charge on any atom is -0.399 e. The summed E-state index contributed by atoms with van der Waals surface area (Å²) in [5.41, 5.74) is 7.87. The highest BCUT2D eigenvalue weighted by atomic mass is 35.5. The maximum atomic E-state index is 8.79. The van der Waals surface area contributed by atoms with E-state index in [2.05, 4.69) is 0 Å². The second kappa shape index (κ2) is 3.11. The van der Waals surface area contributed by atoms with Crippen LogP contribution in [0.5, 0.6) is 0 Å². The minimum atomic E-state index is -0.0662. The van der Waals surface area contributed by atoms with E-state index < -0.39 is 0 Å². The van der Waals surface area contributed by atoms with E-state index in [1.165, 1.54) is 0 Å². The molecule has 2 nitrogen and oxygen atoms in total. The average molecular weight is 172 g/mol.